The third kappa shape index (κ3) is 4.00. The van der Waals surface area contributed by atoms with Crippen LogP contribution in [0.3, 0.4) is 0 Å². The summed E-state index contributed by atoms with van der Waals surface area (Å²) in [6, 6.07) is 6.19. The van der Waals surface area contributed by atoms with Crippen molar-refractivity contribution in [1.82, 2.24) is 5.32 Å². The van der Waals surface area contributed by atoms with E-state index in [1.165, 1.54) is 4.88 Å². The number of nitrogens with zero attached hydrogens (tertiary/aromatic N) is 1. The van der Waals surface area contributed by atoms with Crippen LogP contribution in [0.5, 0.6) is 0 Å². The van der Waals surface area contributed by atoms with E-state index in [0.29, 0.717) is 6.61 Å². The van der Waals surface area contributed by atoms with Gasteiger partial charge in [0, 0.05) is 24.4 Å². The standard InChI is InChI=1S/C11H16N2OS/c1-9(8-14-2)11(6-12)13-7-10-4-3-5-15-10/h3-5,9,11,13H,7-8H2,1-2H3. The molecule has 1 rings (SSSR count). The van der Waals surface area contributed by atoms with Crippen LogP contribution in [0.4, 0.5) is 0 Å². The first-order chi connectivity index (χ1) is 7.27. The highest BCUT2D eigenvalue weighted by molar-refractivity contribution is 7.09. The Kier molecular flexibility index (Phi) is 5.33. The molecule has 0 aliphatic heterocycles. The van der Waals surface area contributed by atoms with Gasteiger partial charge in [0.25, 0.3) is 0 Å². The molecule has 3 nitrogen and oxygen atoms in total. The molecule has 0 aliphatic carbocycles. The summed E-state index contributed by atoms with van der Waals surface area (Å²) in [4.78, 5) is 1.25. The van der Waals surface area contributed by atoms with Crippen LogP contribution < -0.4 is 5.32 Å². The van der Waals surface area contributed by atoms with Gasteiger partial charge in [-0.1, -0.05) is 13.0 Å². The van der Waals surface area contributed by atoms with E-state index in [1.54, 1.807) is 18.4 Å². The molecule has 0 radical (unpaired) electrons. The van der Waals surface area contributed by atoms with Crippen LogP contribution in [0.15, 0.2) is 17.5 Å². The maximum absolute atomic E-state index is 8.99. The molecule has 0 spiro atoms. The molecule has 15 heavy (non-hydrogen) atoms. The van der Waals surface area contributed by atoms with Crippen LogP contribution in [-0.2, 0) is 11.3 Å². The van der Waals surface area contributed by atoms with Crippen LogP contribution in [0.2, 0.25) is 0 Å². The smallest absolute Gasteiger partial charge is 0.100 e. The number of methoxy groups -OCH3 is 1. The molecule has 1 aromatic heterocycles. The lowest BCUT2D eigenvalue weighted by molar-refractivity contribution is 0.148. The summed E-state index contributed by atoms with van der Waals surface area (Å²) in [5.74, 6) is 0.208. The Morgan fingerprint density at radius 2 is 2.47 bits per heavy atom. The molecule has 0 bridgehead atoms. The third-order valence-electron chi connectivity index (χ3n) is 2.21. The zero-order valence-corrected chi connectivity index (χ0v) is 9.88. The van der Waals surface area contributed by atoms with Crippen molar-refractivity contribution in [1.29, 1.82) is 5.26 Å². The second-order valence-corrected chi connectivity index (χ2v) is 4.53. The molecular formula is C11H16N2OS. The van der Waals surface area contributed by atoms with E-state index in [4.69, 9.17) is 10.00 Å². The predicted molar refractivity (Wildman–Crippen MR) is 61.6 cm³/mol. The van der Waals surface area contributed by atoms with Crippen LogP contribution in [0.25, 0.3) is 0 Å². The highest BCUT2D eigenvalue weighted by atomic mass is 32.1. The van der Waals surface area contributed by atoms with E-state index < -0.39 is 0 Å². The fourth-order valence-electron chi connectivity index (χ4n) is 1.36. The van der Waals surface area contributed by atoms with Gasteiger partial charge in [0.1, 0.15) is 6.04 Å². The lowest BCUT2D eigenvalue weighted by Gasteiger charge is -2.17. The molecule has 1 N–H and O–H groups in total. The first kappa shape index (κ1) is 12.2. The molecule has 0 aromatic carbocycles. The largest absolute Gasteiger partial charge is 0.384 e. The molecular weight excluding hydrogens is 208 g/mol. The van der Waals surface area contributed by atoms with E-state index in [0.717, 1.165) is 6.54 Å². The summed E-state index contributed by atoms with van der Waals surface area (Å²) in [5, 5.41) is 14.3. The average molecular weight is 224 g/mol. The van der Waals surface area contributed by atoms with Gasteiger partial charge in [0.15, 0.2) is 0 Å². The number of hydrogen-bond donors (Lipinski definition) is 1. The topological polar surface area (TPSA) is 45.0 Å². The Balaban J connectivity index is 2.38. The number of ether oxygens (including phenoxy) is 1. The van der Waals surface area contributed by atoms with Crippen LogP contribution in [0, 0.1) is 17.2 Å². The van der Waals surface area contributed by atoms with Gasteiger partial charge in [-0.15, -0.1) is 11.3 Å². The number of rotatable bonds is 6. The molecule has 0 amide bonds. The van der Waals surface area contributed by atoms with Gasteiger partial charge in [-0.3, -0.25) is 5.32 Å². The van der Waals surface area contributed by atoms with E-state index in [2.05, 4.69) is 17.5 Å². The Morgan fingerprint density at radius 3 is 3.00 bits per heavy atom. The molecule has 4 heteroatoms. The molecule has 0 aliphatic rings. The van der Waals surface area contributed by atoms with Gasteiger partial charge >= 0.3 is 0 Å². The summed E-state index contributed by atoms with van der Waals surface area (Å²) < 4.78 is 5.03. The zero-order valence-electron chi connectivity index (χ0n) is 9.06. The van der Waals surface area contributed by atoms with Crippen molar-refractivity contribution in [2.45, 2.75) is 19.5 Å². The quantitative estimate of drug-likeness (QED) is 0.804. The number of thiophene rings is 1. The molecule has 0 saturated heterocycles. The van der Waals surface area contributed by atoms with Crippen molar-refractivity contribution in [3.63, 3.8) is 0 Å². The van der Waals surface area contributed by atoms with Crippen LogP contribution >= 0.6 is 11.3 Å². The molecule has 1 heterocycles. The lowest BCUT2D eigenvalue weighted by atomic mass is 10.0. The number of nitrogens with one attached hydrogen (secondary N) is 1. The SMILES string of the molecule is COCC(C)C(C#N)NCc1cccs1. The Labute approximate surface area is 94.7 Å². The molecule has 0 saturated carbocycles. The Hall–Kier alpha value is -0.890. The molecule has 1 aromatic rings. The van der Waals surface area contributed by atoms with E-state index in [-0.39, 0.29) is 12.0 Å². The number of hydrogen-bond acceptors (Lipinski definition) is 4. The van der Waals surface area contributed by atoms with Crippen LogP contribution in [0.1, 0.15) is 11.8 Å². The number of nitriles is 1. The highest BCUT2D eigenvalue weighted by Gasteiger charge is 2.15. The first-order valence-electron chi connectivity index (χ1n) is 4.92. The monoisotopic (exact) mass is 224 g/mol. The minimum Gasteiger partial charge on any atom is -0.384 e. The summed E-state index contributed by atoms with van der Waals surface area (Å²) >= 11 is 1.70. The fraction of sp³-hybridized carbons (Fsp3) is 0.545. The minimum absolute atomic E-state index is 0.146. The highest BCUT2D eigenvalue weighted by Crippen LogP contribution is 2.09. The fourth-order valence-corrected chi connectivity index (χ4v) is 2.01. The maximum Gasteiger partial charge on any atom is 0.100 e. The van der Waals surface area contributed by atoms with E-state index >= 15 is 0 Å². The van der Waals surface area contributed by atoms with Crippen molar-refractivity contribution in [3.05, 3.63) is 22.4 Å². The maximum atomic E-state index is 8.99. The van der Waals surface area contributed by atoms with Gasteiger partial charge < -0.3 is 4.74 Å². The second-order valence-electron chi connectivity index (χ2n) is 3.50. The molecule has 82 valence electrons. The van der Waals surface area contributed by atoms with E-state index in [9.17, 15) is 0 Å². The predicted octanol–water partition coefficient (Wildman–Crippen LogP) is 2.01. The second kappa shape index (κ2) is 6.57. The summed E-state index contributed by atoms with van der Waals surface area (Å²) in [5.41, 5.74) is 0. The summed E-state index contributed by atoms with van der Waals surface area (Å²) in [6.07, 6.45) is 0. The zero-order chi connectivity index (χ0) is 11.1. The van der Waals surface area contributed by atoms with Gasteiger partial charge in [-0.05, 0) is 11.4 Å². The molecule has 0 fully saturated rings. The van der Waals surface area contributed by atoms with Gasteiger partial charge in [-0.2, -0.15) is 5.26 Å². The van der Waals surface area contributed by atoms with E-state index in [1.807, 2.05) is 18.4 Å². The average Bonchev–Trinajstić information content (AvgIpc) is 2.72. The van der Waals surface area contributed by atoms with Crippen molar-refractivity contribution < 1.29 is 4.74 Å². The van der Waals surface area contributed by atoms with Crippen molar-refractivity contribution in [3.8, 4) is 6.07 Å². The van der Waals surface area contributed by atoms with Crippen molar-refractivity contribution in [2.24, 2.45) is 5.92 Å². The Morgan fingerprint density at radius 1 is 1.67 bits per heavy atom. The molecule has 2 unspecified atom stereocenters. The van der Waals surface area contributed by atoms with Gasteiger partial charge in [0.05, 0.1) is 12.7 Å². The third-order valence-corrected chi connectivity index (χ3v) is 3.09. The van der Waals surface area contributed by atoms with Gasteiger partial charge in [-0.25, -0.2) is 0 Å². The molecule has 2 atom stereocenters. The summed E-state index contributed by atoms with van der Waals surface area (Å²) in [6.45, 7) is 3.37. The summed E-state index contributed by atoms with van der Waals surface area (Å²) in [7, 11) is 1.66. The lowest BCUT2D eigenvalue weighted by Crippen LogP contribution is -2.35. The normalized spacial score (nSPS) is 14.5. The van der Waals surface area contributed by atoms with Crippen molar-refractivity contribution >= 4 is 11.3 Å². The van der Waals surface area contributed by atoms with Gasteiger partial charge in [0.2, 0.25) is 0 Å². The van der Waals surface area contributed by atoms with Crippen LogP contribution in [-0.4, -0.2) is 19.8 Å². The van der Waals surface area contributed by atoms with Crippen molar-refractivity contribution in [2.75, 3.05) is 13.7 Å². The first-order valence-corrected chi connectivity index (χ1v) is 5.80. The Bertz CT molecular complexity index is 305. The minimum atomic E-state index is -0.146.